The number of hydrogen-bond acceptors (Lipinski definition) is 5. The fraction of sp³-hybridized carbons (Fsp3) is 0.444. The van der Waals surface area contributed by atoms with Crippen LogP contribution in [0.2, 0.25) is 0 Å². The van der Waals surface area contributed by atoms with Crippen LogP contribution in [0.3, 0.4) is 0 Å². The van der Waals surface area contributed by atoms with Gasteiger partial charge in [0.1, 0.15) is 5.69 Å². The Morgan fingerprint density at radius 1 is 1.30 bits per heavy atom. The average molecular weight is 329 g/mol. The second kappa shape index (κ2) is 7.70. The quantitative estimate of drug-likeness (QED) is 0.874. The van der Waals surface area contributed by atoms with Crippen LogP contribution in [0.1, 0.15) is 43.9 Å². The summed E-state index contributed by atoms with van der Waals surface area (Å²) in [6.45, 7) is 6.07. The van der Waals surface area contributed by atoms with E-state index >= 15 is 0 Å². The summed E-state index contributed by atoms with van der Waals surface area (Å²) in [6.07, 6.45) is 4.24. The van der Waals surface area contributed by atoms with E-state index in [-0.39, 0.29) is 0 Å². The van der Waals surface area contributed by atoms with Crippen LogP contribution in [0, 0.1) is 0 Å². The molecule has 0 saturated carbocycles. The molecule has 0 fully saturated rings. The molecule has 3 rings (SSSR count). The normalized spacial score (nSPS) is 19.2. The minimum Gasteiger partial charge on any atom is -0.475 e. The molecule has 2 aromatic rings. The van der Waals surface area contributed by atoms with Gasteiger partial charge in [-0.3, -0.25) is 0 Å². The Bertz CT molecular complexity index is 653. The SMILES string of the molecule is CC1NCCC=C1c1nsnc1OCCC(C)c1ccccc1. The van der Waals surface area contributed by atoms with Crippen molar-refractivity contribution in [1.82, 2.24) is 14.1 Å². The highest BCUT2D eigenvalue weighted by atomic mass is 32.1. The van der Waals surface area contributed by atoms with Crippen LogP contribution in [0.4, 0.5) is 0 Å². The highest BCUT2D eigenvalue weighted by Crippen LogP contribution is 2.29. The van der Waals surface area contributed by atoms with E-state index in [1.165, 1.54) is 22.9 Å². The van der Waals surface area contributed by atoms with Gasteiger partial charge in [0.05, 0.1) is 18.3 Å². The molecule has 0 spiro atoms. The van der Waals surface area contributed by atoms with E-state index in [0.717, 1.165) is 25.1 Å². The third kappa shape index (κ3) is 3.98. The Labute approximate surface area is 141 Å². The predicted molar refractivity (Wildman–Crippen MR) is 94.9 cm³/mol. The first-order valence-corrected chi connectivity index (χ1v) is 8.93. The van der Waals surface area contributed by atoms with Crippen molar-refractivity contribution >= 4 is 17.3 Å². The molecule has 0 radical (unpaired) electrons. The molecule has 1 aliphatic heterocycles. The molecule has 0 saturated heterocycles. The summed E-state index contributed by atoms with van der Waals surface area (Å²) in [5.41, 5.74) is 3.46. The minimum atomic E-state index is 0.304. The van der Waals surface area contributed by atoms with Gasteiger partial charge in [0.15, 0.2) is 0 Å². The summed E-state index contributed by atoms with van der Waals surface area (Å²) in [4.78, 5) is 0. The molecular weight excluding hydrogens is 306 g/mol. The van der Waals surface area contributed by atoms with Gasteiger partial charge in [0.25, 0.3) is 5.88 Å². The topological polar surface area (TPSA) is 47.0 Å². The lowest BCUT2D eigenvalue weighted by Gasteiger charge is -2.21. The lowest BCUT2D eigenvalue weighted by atomic mass is 9.98. The molecule has 5 heteroatoms. The maximum Gasteiger partial charge on any atom is 0.253 e. The van der Waals surface area contributed by atoms with Gasteiger partial charge in [0.2, 0.25) is 0 Å². The summed E-state index contributed by atoms with van der Waals surface area (Å²) in [6, 6.07) is 10.9. The monoisotopic (exact) mass is 329 g/mol. The van der Waals surface area contributed by atoms with Gasteiger partial charge in [-0.05, 0) is 43.4 Å². The van der Waals surface area contributed by atoms with E-state index in [1.807, 2.05) is 6.07 Å². The number of ether oxygens (including phenoxy) is 1. The molecule has 2 unspecified atom stereocenters. The molecule has 2 atom stereocenters. The molecule has 0 aliphatic carbocycles. The van der Waals surface area contributed by atoms with E-state index in [1.54, 1.807) is 0 Å². The van der Waals surface area contributed by atoms with E-state index in [4.69, 9.17) is 4.74 Å². The van der Waals surface area contributed by atoms with Gasteiger partial charge < -0.3 is 10.1 Å². The lowest BCUT2D eigenvalue weighted by molar-refractivity contribution is 0.291. The van der Waals surface area contributed by atoms with Crippen molar-refractivity contribution in [3.63, 3.8) is 0 Å². The van der Waals surface area contributed by atoms with Crippen LogP contribution in [-0.4, -0.2) is 27.9 Å². The van der Waals surface area contributed by atoms with Gasteiger partial charge >= 0.3 is 0 Å². The largest absolute Gasteiger partial charge is 0.475 e. The number of benzene rings is 1. The molecule has 4 nitrogen and oxygen atoms in total. The zero-order valence-electron chi connectivity index (χ0n) is 13.7. The van der Waals surface area contributed by atoms with Crippen LogP contribution >= 0.6 is 11.7 Å². The first-order valence-electron chi connectivity index (χ1n) is 8.20. The molecule has 0 bridgehead atoms. The predicted octanol–water partition coefficient (Wildman–Crippen LogP) is 3.88. The van der Waals surface area contributed by atoms with Crippen LogP contribution in [-0.2, 0) is 0 Å². The van der Waals surface area contributed by atoms with E-state index in [0.29, 0.717) is 24.4 Å². The van der Waals surface area contributed by atoms with Gasteiger partial charge in [-0.25, -0.2) is 0 Å². The maximum atomic E-state index is 5.94. The first-order chi connectivity index (χ1) is 11.3. The van der Waals surface area contributed by atoms with Gasteiger partial charge in [0, 0.05) is 6.04 Å². The molecular formula is C18H23N3OS. The summed E-state index contributed by atoms with van der Waals surface area (Å²) in [5.74, 6) is 1.15. The summed E-state index contributed by atoms with van der Waals surface area (Å²) >= 11 is 1.22. The first kappa shape index (κ1) is 16.1. The third-order valence-electron chi connectivity index (χ3n) is 4.32. The van der Waals surface area contributed by atoms with Gasteiger partial charge in [-0.15, -0.1) is 4.37 Å². The molecule has 23 heavy (non-hydrogen) atoms. The zero-order chi connectivity index (χ0) is 16.1. The highest BCUT2D eigenvalue weighted by Gasteiger charge is 2.21. The Morgan fingerprint density at radius 3 is 2.91 bits per heavy atom. The van der Waals surface area contributed by atoms with Crippen molar-refractivity contribution in [3.05, 3.63) is 47.7 Å². The standard InChI is InChI=1S/C18H23N3OS/c1-13(15-7-4-3-5-8-15)10-12-22-18-17(20-23-21-18)16-9-6-11-19-14(16)2/h3-5,7-9,13-14,19H,6,10-12H2,1-2H3. The maximum absolute atomic E-state index is 5.94. The summed E-state index contributed by atoms with van der Waals surface area (Å²) in [5, 5.41) is 3.46. The van der Waals surface area contributed by atoms with Crippen molar-refractivity contribution in [2.75, 3.05) is 13.2 Å². The fourth-order valence-electron chi connectivity index (χ4n) is 2.85. The Kier molecular flexibility index (Phi) is 5.41. The summed E-state index contributed by atoms with van der Waals surface area (Å²) in [7, 11) is 0. The molecule has 1 aromatic heterocycles. The van der Waals surface area contributed by atoms with Crippen molar-refractivity contribution < 1.29 is 4.74 Å². The van der Waals surface area contributed by atoms with Gasteiger partial charge in [-0.1, -0.05) is 43.3 Å². The molecule has 1 aliphatic rings. The van der Waals surface area contributed by atoms with Crippen molar-refractivity contribution in [3.8, 4) is 5.88 Å². The van der Waals surface area contributed by atoms with E-state index in [2.05, 4.69) is 58.3 Å². The highest BCUT2D eigenvalue weighted by molar-refractivity contribution is 6.99. The molecule has 1 N–H and O–H groups in total. The van der Waals surface area contributed by atoms with Crippen LogP contribution in [0.15, 0.2) is 36.4 Å². The van der Waals surface area contributed by atoms with Gasteiger partial charge in [-0.2, -0.15) is 4.37 Å². The average Bonchev–Trinajstić information content (AvgIpc) is 3.04. The number of rotatable bonds is 6. The second-order valence-electron chi connectivity index (χ2n) is 5.99. The minimum absolute atomic E-state index is 0.304. The molecule has 0 amide bonds. The molecule has 1 aromatic carbocycles. The molecule has 122 valence electrons. The number of nitrogens with zero attached hydrogens (tertiary/aromatic N) is 2. The van der Waals surface area contributed by atoms with E-state index in [9.17, 15) is 0 Å². The van der Waals surface area contributed by atoms with Crippen LogP contribution < -0.4 is 10.1 Å². The fourth-order valence-corrected chi connectivity index (χ4v) is 3.37. The summed E-state index contributed by atoms with van der Waals surface area (Å²) < 4.78 is 14.7. The zero-order valence-corrected chi connectivity index (χ0v) is 14.5. The molecule has 2 heterocycles. The van der Waals surface area contributed by atoms with Crippen molar-refractivity contribution in [2.24, 2.45) is 0 Å². The number of aromatic nitrogens is 2. The van der Waals surface area contributed by atoms with Crippen molar-refractivity contribution in [1.29, 1.82) is 0 Å². The number of nitrogens with one attached hydrogen (secondary N) is 1. The van der Waals surface area contributed by atoms with E-state index < -0.39 is 0 Å². The van der Waals surface area contributed by atoms with Crippen LogP contribution in [0.25, 0.3) is 5.57 Å². The lowest BCUT2D eigenvalue weighted by Crippen LogP contribution is -2.31. The van der Waals surface area contributed by atoms with Crippen LogP contribution in [0.5, 0.6) is 5.88 Å². The Morgan fingerprint density at radius 2 is 2.13 bits per heavy atom. The Hall–Kier alpha value is -1.72. The second-order valence-corrected chi connectivity index (χ2v) is 6.52. The third-order valence-corrected chi connectivity index (χ3v) is 4.83. The smallest absolute Gasteiger partial charge is 0.253 e. The van der Waals surface area contributed by atoms with Crippen molar-refractivity contribution in [2.45, 2.75) is 38.6 Å². The number of hydrogen-bond donors (Lipinski definition) is 1. The Balaban J connectivity index is 1.59.